The molecule has 0 unspecified atom stereocenters. The van der Waals surface area contributed by atoms with Gasteiger partial charge >= 0.3 is 0 Å². The Morgan fingerprint density at radius 3 is 2.35 bits per heavy atom. The van der Waals surface area contributed by atoms with Crippen molar-refractivity contribution in [3.8, 4) is 11.3 Å². The lowest BCUT2D eigenvalue weighted by Gasteiger charge is -2.10. The molecule has 0 saturated heterocycles. The van der Waals surface area contributed by atoms with Gasteiger partial charge in [0, 0.05) is 15.6 Å². The molecular formula is C22H13BrO3. The third-order valence-corrected chi connectivity index (χ3v) is 4.64. The molecule has 0 amide bonds. The van der Waals surface area contributed by atoms with E-state index in [-0.39, 0.29) is 16.8 Å². The molecule has 0 bridgehead atoms. The van der Waals surface area contributed by atoms with Crippen LogP contribution in [0.3, 0.4) is 0 Å². The van der Waals surface area contributed by atoms with Gasteiger partial charge in [-0.3, -0.25) is 9.59 Å². The predicted molar refractivity (Wildman–Crippen MR) is 105 cm³/mol. The van der Waals surface area contributed by atoms with E-state index in [1.54, 1.807) is 42.5 Å². The summed E-state index contributed by atoms with van der Waals surface area (Å²) in [5, 5.41) is 0.394. The van der Waals surface area contributed by atoms with Crippen LogP contribution in [0.4, 0.5) is 0 Å². The summed E-state index contributed by atoms with van der Waals surface area (Å²) in [5.41, 5.74) is 1.30. The van der Waals surface area contributed by atoms with Gasteiger partial charge in [-0.1, -0.05) is 70.5 Å². The molecule has 0 saturated carbocycles. The lowest BCUT2D eigenvalue weighted by molar-refractivity contribution is 0.103. The molecule has 0 aliphatic carbocycles. The van der Waals surface area contributed by atoms with E-state index < -0.39 is 0 Å². The van der Waals surface area contributed by atoms with Crippen molar-refractivity contribution in [1.82, 2.24) is 0 Å². The fourth-order valence-electron chi connectivity index (χ4n) is 2.92. The van der Waals surface area contributed by atoms with Crippen LogP contribution < -0.4 is 5.43 Å². The fraction of sp³-hybridized carbons (Fsp3) is 0. The van der Waals surface area contributed by atoms with E-state index in [0.29, 0.717) is 27.9 Å². The molecule has 3 nitrogen and oxygen atoms in total. The van der Waals surface area contributed by atoms with E-state index in [9.17, 15) is 9.59 Å². The van der Waals surface area contributed by atoms with Gasteiger partial charge in [0.25, 0.3) is 0 Å². The summed E-state index contributed by atoms with van der Waals surface area (Å²) in [6, 6.07) is 23.2. The van der Waals surface area contributed by atoms with Crippen molar-refractivity contribution in [2.45, 2.75) is 0 Å². The van der Waals surface area contributed by atoms with E-state index in [1.165, 1.54) is 0 Å². The Morgan fingerprint density at radius 1 is 0.846 bits per heavy atom. The van der Waals surface area contributed by atoms with Gasteiger partial charge in [-0.05, 0) is 24.3 Å². The van der Waals surface area contributed by atoms with Crippen LogP contribution in [0, 0.1) is 0 Å². The number of hydrogen-bond acceptors (Lipinski definition) is 3. The minimum Gasteiger partial charge on any atom is -0.455 e. The van der Waals surface area contributed by atoms with E-state index in [0.717, 1.165) is 4.47 Å². The maximum absolute atomic E-state index is 13.2. The normalized spacial score (nSPS) is 10.8. The third kappa shape index (κ3) is 2.89. The molecular weight excluding hydrogens is 392 g/mol. The Labute approximate surface area is 158 Å². The minimum atomic E-state index is -0.357. The molecule has 0 fully saturated rings. The van der Waals surface area contributed by atoms with Crippen LogP contribution in [0.15, 0.2) is 92.5 Å². The molecule has 0 aliphatic rings. The first-order valence-corrected chi connectivity index (χ1v) is 8.86. The Hall–Kier alpha value is -2.98. The van der Waals surface area contributed by atoms with Gasteiger partial charge in [0.05, 0.1) is 5.39 Å². The van der Waals surface area contributed by atoms with Gasteiger partial charge in [0.15, 0.2) is 0 Å². The highest BCUT2D eigenvalue weighted by Crippen LogP contribution is 2.28. The van der Waals surface area contributed by atoms with Gasteiger partial charge in [0.1, 0.15) is 16.9 Å². The Bertz CT molecular complexity index is 1180. The zero-order valence-corrected chi connectivity index (χ0v) is 15.2. The highest BCUT2D eigenvalue weighted by molar-refractivity contribution is 9.10. The number of benzene rings is 3. The van der Waals surface area contributed by atoms with Crippen LogP contribution in [0.25, 0.3) is 22.3 Å². The summed E-state index contributed by atoms with van der Waals surface area (Å²) < 4.78 is 6.77. The molecule has 0 radical (unpaired) electrons. The number of carbonyl (C=O) groups is 1. The highest BCUT2D eigenvalue weighted by Gasteiger charge is 2.23. The smallest absolute Gasteiger partial charge is 0.204 e. The monoisotopic (exact) mass is 404 g/mol. The average Bonchev–Trinajstić information content (AvgIpc) is 2.68. The number of carbonyl (C=O) groups excluding carboxylic acids is 1. The maximum atomic E-state index is 13.2. The number of fused-ring (bicyclic) bond motifs is 1. The van der Waals surface area contributed by atoms with Gasteiger partial charge in [-0.15, -0.1) is 0 Å². The van der Waals surface area contributed by atoms with Crippen molar-refractivity contribution in [2.75, 3.05) is 0 Å². The van der Waals surface area contributed by atoms with Crippen LogP contribution in [0.2, 0.25) is 0 Å². The summed E-state index contributed by atoms with van der Waals surface area (Å²) in [6.07, 6.45) is 0. The molecule has 0 atom stereocenters. The predicted octanol–water partition coefficient (Wildman–Crippen LogP) is 5.45. The largest absolute Gasteiger partial charge is 0.455 e. The molecule has 4 rings (SSSR count). The van der Waals surface area contributed by atoms with E-state index in [4.69, 9.17) is 4.42 Å². The maximum Gasteiger partial charge on any atom is 0.204 e. The van der Waals surface area contributed by atoms with Gasteiger partial charge < -0.3 is 4.42 Å². The fourth-order valence-corrected chi connectivity index (χ4v) is 3.31. The first kappa shape index (κ1) is 16.5. The Morgan fingerprint density at radius 2 is 1.58 bits per heavy atom. The van der Waals surface area contributed by atoms with Gasteiger partial charge in [0.2, 0.25) is 11.2 Å². The molecule has 126 valence electrons. The molecule has 0 aliphatic heterocycles. The zero-order chi connectivity index (χ0) is 18.1. The standard InChI is InChI=1S/C22H13BrO3/c23-16-10-6-9-15(13-16)20(24)19-21(25)17-11-4-5-12-18(17)26-22(19)14-7-2-1-3-8-14/h1-13H. The second kappa shape index (κ2) is 6.73. The second-order valence-corrected chi connectivity index (χ2v) is 6.75. The van der Waals surface area contributed by atoms with E-state index in [1.807, 2.05) is 36.4 Å². The van der Waals surface area contributed by atoms with Crippen LogP contribution in [0.5, 0.6) is 0 Å². The van der Waals surface area contributed by atoms with E-state index in [2.05, 4.69) is 15.9 Å². The summed E-state index contributed by atoms with van der Waals surface area (Å²) in [6.45, 7) is 0. The summed E-state index contributed by atoms with van der Waals surface area (Å²) in [4.78, 5) is 26.3. The molecule has 4 heteroatoms. The zero-order valence-electron chi connectivity index (χ0n) is 13.6. The molecule has 3 aromatic carbocycles. The number of hydrogen-bond donors (Lipinski definition) is 0. The second-order valence-electron chi connectivity index (χ2n) is 5.84. The molecule has 4 aromatic rings. The summed E-state index contributed by atoms with van der Waals surface area (Å²) in [7, 11) is 0. The van der Waals surface area contributed by atoms with Crippen molar-refractivity contribution < 1.29 is 9.21 Å². The molecule has 1 heterocycles. The van der Waals surface area contributed by atoms with E-state index >= 15 is 0 Å². The third-order valence-electron chi connectivity index (χ3n) is 4.15. The highest BCUT2D eigenvalue weighted by atomic mass is 79.9. The van der Waals surface area contributed by atoms with Crippen LogP contribution >= 0.6 is 15.9 Å². The number of halogens is 1. The van der Waals surface area contributed by atoms with Gasteiger partial charge in [-0.2, -0.15) is 0 Å². The molecule has 26 heavy (non-hydrogen) atoms. The van der Waals surface area contributed by atoms with Crippen molar-refractivity contribution in [1.29, 1.82) is 0 Å². The topological polar surface area (TPSA) is 47.3 Å². The lowest BCUT2D eigenvalue weighted by Crippen LogP contribution is -2.18. The van der Waals surface area contributed by atoms with Crippen LogP contribution in [-0.4, -0.2) is 5.78 Å². The van der Waals surface area contributed by atoms with Crippen molar-refractivity contribution in [3.05, 3.63) is 105 Å². The molecule has 1 aromatic heterocycles. The Balaban J connectivity index is 2.05. The Kier molecular flexibility index (Phi) is 4.27. The number of rotatable bonds is 3. The first-order valence-electron chi connectivity index (χ1n) is 8.06. The SMILES string of the molecule is O=C(c1cccc(Br)c1)c1c(-c2ccccc2)oc2ccccc2c1=O. The lowest BCUT2D eigenvalue weighted by atomic mass is 9.97. The summed E-state index contributed by atoms with van der Waals surface area (Å²) in [5.74, 6) is -0.0658. The van der Waals surface area contributed by atoms with Crippen molar-refractivity contribution >= 4 is 32.7 Å². The first-order chi connectivity index (χ1) is 12.6. The minimum absolute atomic E-state index is 0.0491. The average molecular weight is 405 g/mol. The van der Waals surface area contributed by atoms with Crippen LogP contribution in [-0.2, 0) is 0 Å². The van der Waals surface area contributed by atoms with Crippen LogP contribution in [0.1, 0.15) is 15.9 Å². The molecule has 0 N–H and O–H groups in total. The summed E-state index contributed by atoms with van der Waals surface area (Å²) >= 11 is 3.37. The number of para-hydroxylation sites is 1. The van der Waals surface area contributed by atoms with Crippen molar-refractivity contribution in [2.24, 2.45) is 0 Å². The quantitative estimate of drug-likeness (QED) is 0.426. The van der Waals surface area contributed by atoms with Crippen molar-refractivity contribution in [3.63, 3.8) is 0 Å². The number of ketones is 1. The molecule has 0 spiro atoms. The van der Waals surface area contributed by atoms with Gasteiger partial charge in [-0.25, -0.2) is 0 Å².